The number of nitro groups is 1. The van der Waals surface area contributed by atoms with Crippen LogP contribution in [0.4, 0.5) is 10.1 Å². The van der Waals surface area contributed by atoms with Crippen molar-refractivity contribution in [2.75, 3.05) is 13.6 Å². The Hall–Kier alpha value is -1.69. The van der Waals surface area contributed by atoms with Crippen molar-refractivity contribution in [1.82, 2.24) is 4.90 Å². The minimum Gasteiger partial charge on any atom is -0.342 e. The Balaban J connectivity index is 2.85. The fourth-order valence-corrected chi connectivity index (χ4v) is 1.57. The van der Waals surface area contributed by atoms with Crippen LogP contribution in [-0.4, -0.2) is 34.7 Å². The van der Waals surface area contributed by atoms with E-state index in [-0.39, 0.29) is 16.6 Å². The van der Waals surface area contributed by atoms with Crippen LogP contribution in [0.5, 0.6) is 0 Å². The van der Waals surface area contributed by atoms with Crippen molar-refractivity contribution in [3.8, 4) is 0 Å². The van der Waals surface area contributed by atoms with Gasteiger partial charge < -0.3 is 4.90 Å². The summed E-state index contributed by atoms with van der Waals surface area (Å²) in [5.41, 5.74) is -0.568. The molecule has 0 aliphatic heterocycles. The van der Waals surface area contributed by atoms with Crippen LogP contribution in [-0.2, 0) is 0 Å². The first-order valence-corrected chi connectivity index (χ1v) is 6.10. The highest BCUT2D eigenvalue weighted by Gasteiger charge is 2.19. The number of nitro benzene ring substituents is 1. The number of rotatable bonds is 5. The standard InChI is InChI=1S/C12H14ClFN2O3/c1-8(13)5-6-15(2)12(17)10-4-3-9(16(18)19)7-11(10)14/h3-4,7-8H,5-6H2,1-2H3. The minimum atomic E-state index is -0.898. The third-order valence-electron chi connectivity index (χ3n) is 2.60. The van der Waals surface area contributed by atoms with Crippen LogP contribution in [0.2, 0.25) is 0 Å². The van der Waals surface area contributed by atoms with E-state index in [2.05, 4.69) is 0 Å². The Labute approximate surface area is 115 Å². The van der Waals surface area contributed by atoms with Crippen molar-refractivity contribution in [3.05, 3.63) is 39.7 Å². The molecule has 0 N–H and O–H groups in total. The van der Waals surface area contributed by atoms with Crippen molar-refractivity contribution in [2.45, 2.75) is 18.7 Å². The van der Waals surface area contributed by atoms with Gasteiger partial charge >= 0.3 is 0 Å². The third kappa shape index (κ3) is 4.17. The summed E-state index contributed by atoms with van der Waals surface area (Å²) in [4.78, 5) is 23.0. The Kier molecular flexibility index (Phi) is 5.23. The van der Waals surface area contributed by atoms with Crippen LogP contribution in [0.15, 0.2) is 18.2 Å². The molecule has 0 saturated heterocycles. The molecule has 1 atom stereocenters. The molecule has 0 aliphatic rings. The summed E-state index contributed by atoms with van der Waals surface area (Å²) in [7, 11) is 1.53. The first-order chi connectivity index (χ1) is 8.82. The molecule has 0 radical (unpaired) electrons. The lowest BCUT2D eigenvalue weighted by Crippen LogP contribution is -2.29. The van der Waals surface area contributed by atoms with Gasteiger partial charge in [0.25, 0.3) is 11.6 Å². The number of halogens is 2. The van der Waals surface area contributed by atoms with Gasteiger partial charge in [0.05, 0.1) is 16.6 Å². The molecule has 0 bridgehead atoms. The lowest BCUT2D eigenvalue weighted by molar-refractivity contribution is -0.385. The molecular weight excluding hydrogens is 275 g/mol. The average Bonchev–Trinajstić information content (AvgIpc) is 2.34. The fourth-order valence-electron chi connectivity index (χ4n) is 1.47. The molecule has 0 aliphatic carbocycles. The molecule has 1 amide bonds. The van der Waals surface area contributed by atoms with E-state index in [1.807, 2.05) is 0 Å². The van der Waals surface area contributed by atoms with Crippen LogP contribution in [0.3, 0.4) is 0 Å². The Morgan fingerprint density at radius 2 is 2.21 bits per heavy atom. The number of hydrogen-bond donors (Lipinski definition) is 0. The maximum absolute atomic E-state index is 13.6. The van der Waals surface area contributed by atoms with Crippen LogP contribution in [0.25, 0.3) is 0 Å². The van der Waals surface area contributed by atoms with Gasteiger partial charge in [0.1, 0.15) is 5.82 Å². The normalized spacial score (nSPS) is 12.0. The maximum atomic E-state index is 13.6. The van der Waals surface area contributed by atoms with Gasteiger partial charge in [0.15, 0.2) is 0 Å². The number of carbonyl (C=O) groups is 1. The summed E-state index contributed by atoms with van der Waals surface area (Å²) in [6, 6.07) is 2.97. The number of carbonyl (C=O) groups excluding carboxylic acids is 1. The SMILES string of the molecule is CC(Cl)CCN(C)C(=O)c1ccc([N+](=O)[O-])cc1F. The van der Waals surface area contributed by atoms with Crippen LogP contribution in [0.1, 0.15) is 23.7 Å². The highest BCUT2D eigenvalue weighted by Crippen LogP contribution is 2.18. The summed E-state index contributed by atoms with van der Waals surface area (Å²) in [5, 5.41) is 10.4. The van der Waals surface area contributed by atoms with Crippen molar-refractivity contribution < 1.29 is 14.1 Å². The van der Waals surface area contributed by atoms with E-state index in [1.165, 1.54) is 11.9 Å². The second kappa shape index (κ2) is 6.47. The number of nitrogens with zero attached hydrogens (tertiary/aromatic N) is 2. The van der Waals surface area contributed by atoms with E-state index in [0.717, 1.165) is 18.2 Å². The van der Waals surface area contributed by atoms with Gasteiger partial charge in [-0.25, -0.2) is 4.39 Å². The van der Waals surface area contributed by atoms with E-state index < -0.39 is 16.6 Å². The summed E-state index contributed by atoms with van der Waals surface area (Å²) < 4.78 is 13.6. The molecule has 7 heteroatoms. The second-order valence-electron chi connectivity index (χ2n) is 4.22. The number of alkyl halides is 1. The maximum Gasteiger partial charge on any atom is 0.272 e. The van der Waals surface area contributed by atoms with Gasteiger partial charge in [0.2, 0.25) is 0 Å². The van der Waals surface area contributed by atoms with Gasteiger partial charge in [-0.15, -0.1) is 11.6 Å². The van der Waals surface area contributed by atoms with E-state index in [0.29, 0.717) is 13.0 Å². The highest BCUT2D eigenvalue weighted by atomic mass is 35.5. The van der Waals surface area contributed by atoms with E-state index >= 15 is 0 Å². The van der Waals surface area contributed by atoms with Crippen molar-refractivity contribution in [2.24, 2.45) is 0 Å². The van der Waals surface area contributed by atoms with Crippen molar-refractivity contribution in [1.29, 1.82) is 0 Å². The third-order valence-corrected chi connectivity index (χ3v) is 2.82. The molecule has 5 nitrogen and oxygen atoms in total. The number of benzene rings is 1. The molecule has 1 rings (SSSR count). The van der Waals surface area contributed by atoms with E-state index in [1.54, 1.807) is 6.92 Å². The first kappa shape index (κ1) is 15.4. The number of non-ortho nitro benzene ring substituents is 1. The molecule has 0 heterocycles. The monoisotopic (exact) mass is 288 g/mol. The smallest absolute Gasteiger partial charge is 0.272 e. The summed E-state index contributed by atoms with van der Waals surface area (Å²) in [6.45, 7) is 2.19. The van der Waals surface area contributed by atoms with E-state index in [4.69, 9.17) is 11.6 Å². The zero-order valence-corrected chi connectivity index (χ0v) is 11.4. The summed E-state index contributed by atoms with van der Waals surface area (Å²) >= 11 is 5.77. The van der Waals surface area contributed by atoms with E-state index in [9.17, 15) is 19.3 Å². The number of hydrogen-bond acceptors (Lipinski definition) is 3. The predicted molar refractivity (Wildman–Crippen MR) is 69.9 cm³/mol. The van der Waals surface area contributed by atoms with Crippen LogP contribution in [0, 0.1) is 15.9 Å². The molecule has 1 aromatic rings. The molecule has 0 fully saturated rings. The summed E-state index contributed by atoms with van der Waals surface area (Å²) in [6.07, 6.45) is 0.582. The lowest BCUT2D eigenvalue weighted by atomic mass is 10.1. The minimum absolute atomic E-state index is 0.0862. The topological polar surface area (TPSA) is 63.5 Å². The van der Waals surface area contributed by atoms with Crippen LogP contribution >= 0.6 is 11.6 Å². The molecule has 1 unspecified atom stereocenters. The zero-order chi connectivity index (χ0) is 14.6. The van der Waals surface area contributed by atoms with Gasteiger partial charge in [0, 0.05) is 25.0 Å². The second-order valence-corrected chi connectivity index (χ2v) is 4.96. The van der Waals surface area contributed by atoms with Gasteiger partial charge in [-0.1, -0.05) is 0 Å². The molecule has 0 saturated carbocycles. The van der Waals surface area contributed by atoms with Crippen LogP contribution < -0.4 is 0 Å². The Bertz CT molecular complexity index is 494. The van der Waals surface area contributed by atoms with Gasteiger partial charge in [-0.3, -0.25) is 14.9 Å². The zero-order valence-electron chi connectivity index (χ0n) is 10.6. The lowest BCUT2D eigenvalue weighted by Gasteiger charge is -2.18. The van der Waals surface area contributed by atoms with Gasteiger partial charge in [-0.2, -0.15) is 0 Å². The molecule has 1 aromatic carbocycles. The quantitative estimate of drug-likeness (QED) is 0.475. The number of amides is 1. The Morgan fingerprint density at radius 3 is 2.68 bits per heavy atom. The fraction of sp³-hybridized carbons (Fsp3) is 0.417. The first-order valence-electron chi connectivity index (χ1n) is 5.66. The van der Waals surface area contributed by atoms with Gasteiger partial charge in [-0.05, 0) is 19.4 Å². The molecule has 104 valence electrons. The average molecular weight is 289 g/mol. The molecular formula is C12H14ClFN2O3. The molecule has 19 heavy (non-hydrogen) atoms. The summed E-state index contributed by atoms with van der Waals surface area (Å²) in [5.74, 6) is -1.42. The molecule has 0 aromatic heterocycles. The predicted octanol–water partition coefficient (Wildman–Crippen LogP) is 2.82. The van der Waals surface area contributed by atoms with Crippen molar-refractivity contribution >= 4 is 23.2 Å². The highest BCUT2D eigenvalue weighted by molar-refractivity contribution is 6.20. The van der Waals surface area contributed by atoms with Crippen molar-refractivity contribution in [3.63, 3.8) is 0 Å². The Morgan fingerprint density at radius 1 is 1.58 bits per heavy atom. The molecule has 0 spiro atoms. The largest absolute Gasteiger partial charge is 0.342 e.